The Morgan fingerprint density at radius 2 is 2.18 bits per heavy atom. The third kappa shape index (κ3) is 3.60. The third-order valence-corrected chi connectivity index (χ3v) is 3.34. The zero-order valence-corrected chi connectivity index (χ0v) is 10.9. The van der Waals surface area contributed by atoms with Crippen LogP contribution < -0.4 is 0 Å². The van der Waals surface area contributed by atoms with Gasteiger partial charge in [0.1, 0.15) is 0 Å². The lowest BCUT2D eigenvalue weighted by Crippen LogP contribution is -2.22. The minimum Gasteiger partial charge on any atom is -0.481 e. The molecule has 17 heavy (non-hydrogen) atoms. The molecule has 1 fully saturated rings. The molecule has 0 saturated carbocycles. The van der Waals surface area contributed by atoms with E-state index >= 15 is 0 Å². The maximum absolute atomic E-state index is 10.8. The van der Waals surface area contributed by atoms with E-state index in [1.54, 1.807) is 0 Å². The molecule has 1 aromatic rings. The van der Waals surface area contributed by atoms with Crippen LogP contribution in [0.5, 0.6) is 0 Å². The third-order valence-electron chi connectivity index (χ3n) is 2.97. The topological polar surface area (TPSA) is 40.5 Å². The number of carboxylic acids is 1. The Hall–Kier alpha value is -0.770. The van der Waals surface area contributed by atoms with E-state index in [4.69, 9.17) is 16.7 Å². The van der Waals surface area contributed by atoms with Crippen molar-refractivity contribution in [3.05, 3.63) is 34.9 Å². The highest BCUT2D eigenvalue weighted by atomic mass is 35.5. The van der Waals surface area contributed by atoms with E-state index < -0.39 is 5.97 Å². The maximum Gasteiger partial charge on any atom is 0.307 e. The average Bonchev–Trinajstić information content (AvgIpc) is 2.70. The highest BCUT2D eigenvalue weighted by Gasteiger charge is 2.27. The van der Waals surface area contributed by atoms with E-state index in [0.717, 1.165) is 30.1 Å². The van der Waals surface area contributed by atoms with Crippen molar-refractivity contribution in [2.75, 3.05) is 13.1 Å². The number of aliphatic carboxylic acids is 1. The van der Waals surface area contributed by atoms with E-state index in [-0.39, 0.29) is 18.3 Å². The molecule has 1 aromatic carbocycles. The largest absolute Gasteiger partial charge is 0.481 e. The Morgan fingerprint density at radius 1 is 1.47 bits per heavy atom. The number of hydrogen-bond acceptors (Lipinski definition) is 2. The number of carboxylic acid groups (broad SMARTS) is 1. The molecular weight excluding hydrogens is 261 g/mol. The molecule has 5 heteroatoms. The lowest BCUT2D eigenvalue weighted by Gasteiger charge is -2.15. The van der Waals surface area contributed by atoms with E-state index in [9.17, 15) is 4.79 Å². The van der Waals surface area contributed by atoms with Gasteiger partial charge >= 0.3 is 5.97 Å². The van der Waals surface area contributed by atoms with Crippen LogP contribution in [-0.4, -0.2) is 29.1 Å². The molecule has 3 nitrogen and oxygen atoms in total. The molecule has 2 rings (SSSR count). The summed E-state index contributed by atoms with van der Waals surface area (Å²) >= 11 is 6.06. The minimum atomic E-state index is -0.693. The first-order valence-electron chi connectivity index (χ1n) is 5.35. The maximum atomic E-state index is 10.8. The first kappa shape index (κ1) is 14.3. The van der Waals surface area contributed by atoms with Crippen LogP contribution in [0.3, 0.4) is 0 Å². The Morgan fingerprint density at radius 3 is 2.76 bits per heavy atom. The van der Waals surface area contributed by atoms with Crippen molar-refractivity contribution >= 4 is 30.0 Å². The highest BCUT2D eigenvalue weighted by Crippen LogP contribution is 2.22. The summed E-state index contributed by atoms with van der Waals surface area (Å²) in [5.74, 6) is -0.913. The number of benzene rings is 1. The molecule has 1 atom stereocenters. The highest BCUT2D eigenvalue weighted by molar-refractivity contribution is 6.31. The standard InChI is InChI=1S/C12H14ClNO2.ClH/c13-11-4-2-1-3-9(11)7-14-6-5-10(8-14)12(15)16;/h1-4,10H,5-8H2,(H,15,16);1H. The number of halogens is 2. The summed E-state index contributed by atoms with van der Waals surface area (Å²) in [6, 6.07) is 7.69. The van der Waals surface area contributed by atoms with Gasteiger partial charge in [-0.05, 0) is 24.6 Å². The molecule has 1 heterocycles. The molecule has 94 valence electrons. The van der Waals surface area contributed by atoms with E-state index in [1.165, 1.54) is 0 Å². The fourth-order valence-electron chi connectivity index (χ4n) is 2.05. The van der Waals surface area contributed by atoms with Crippen molar-refractivity contribution in [1.82, 2.24) is 4.90 Å². The molecule has 0 aromatic heterocycles. The van der Waals surface area contributed by atoms with Gasteiger partial charge in [0.25, 0.3) is 0 Å². The Balaban J connectivity index is 0.00000144. The summed E-state index contributed by atoms with van der Waals surface area (Å²) in [7, 11) is 0. The van der Waals surface area contributed by atoms with Crippen molar-refractivity contribution in [3.8, 4) is 0 Å². The van der Waals surface area contributed by atoms with Crippen LogP contribution in [0.4, 0.5) is 0 Å². The smallest absolute Gasteiger partial charge is 0.307 e. The summed E-state index contributed by atoms with van der Waals surface area (Å²) < 4.78 is 0. The summed E-state index contributed by atoms with van der Waals surface area (Å²) in [5, 5.41) is 9.65. The van der Waals surface area contributed by atoms with Crippen LogP contribution in [0.25, 0.3) is 0 Å². The van der Waals surface area contributed by atoms with Crippen LogP contribution in [0, 0.1) is 5.92 Å². The first-order chi connectivity index (χ1) is 7.66. The van der Waals surface area contributed by atoms with Gasteiger partial charge in [-0.3, -0.25) is 9.69 Å². The summed E-state index contributed by atoms with van der Waals surface area (Å²) in [5.41, 5.74) is 1.07. The SMILES string of the molecule is Cl.O=C(O)C1CCN(Cc2ccccc2Cl)C1. The fourth-order valence-corrected chi connectivity index (χ4v) is 2.24. The molecule has 0 amide bonds. The normalized spacial score (nSPS) is 19.9. The van der Waals surface area contributed by atoms with Gasteiger partial charge in [0.15, 0.2) is 0 Å². The monoisotopic (exact) mass is 275 g/mol. The van der Waals surface area contributed by atoms with Gasteiger partial charge in [-0.1, -0.05) is 29.8 Å². The van der Waals surface area contributed by atoms with Crippen molar-refractivity contribution in [2.45, 2.75) is 13.0 Å². The van der Waals surface area contributed by atoms with Gasteiger partial charge in [-0.25, -0.2) is 0 Å². The zero-order chi connectivity index (χ0) is 11.5. The van der Waals surface area contributed by atoms with Gasteiger partial charge in [-0.15, -0.1) is 12.4 Å². The molecule has 0 aliphatic carbocycles. The van der Waals surface area contributed by atoms with Crippen molar-refractivity contribution < 1.29 is 9.90 Å². The lowest BCUT2D eigenvalue weighted by molar-refractivity contribution is -0.141. The average molecular weight is 276 g/mol. The molecule has 1 saturated heterocycles. The van der Waals surface area contributed by atoms with Crippen LogP contribution in [-0.2, 0) is 11.3 Å². The second-order valence-corrected chi connectivity index (χ2v) is 4.56. The number of likely N-dealkylation sites (tertiary alicyclic amines) is 1. The zero-order valence-electron chi connectivity index (χ0n) is 9.30. The quantitative estimate of drug-likeness (QED) is 0.922. The number of carbonyl (C=O) groups is 1. The van der Waals surface area contributed by atoms with Gasteiger partial charge in [0.05, 0.1) is 5.92 Å². The minimum absolute atomic E-state index is 0. The predicted octanol–water partition coefficient (Wildman–Crippen LogP) is 2.67. The molecule has 0 radical (unpaired) electrons. The van der Waals surface area contributed by atoms with Crippen molar-refractivity contribution in [2.24, 2.45) is 5.92 Å². The van der Waals surface area contributed by atoms with Crippen molar-refractivity contribution in [1.29, 1.82) is 0 Å². The van der Waals surface area contributed by atoms with Gasteiger partial charge in [0, 0.05) is 18.1 Å². The lowest BCUT2D eigenvalue weighted by atomic mass is 10.1. The van der Waals surface area contributed by atoms with Crippen LogP contribution >= 0.6 is 24.0 Å². The van der Waals surface area contributed by atoms with Crippen molar-refractivity contribution in [3.63, 3.8) is 0 Å². The van der Waals surface area contributed by atoms with E-state index in [0.29, 0.717) is 6.54 Å². The molecule has 0 bridgehead atoms. The number of hydrogen-bond donors (Lipinski definition) is 1. The fraction of sp³-hybridized carbons (Fsp3) is 0.417. The molecular formula is C12H15Cl2NO2. The second kappa shape index (κ2) is 6.24. The van der Waals surface area contributed by atoms with Gasteiger partial charge in [0.2, 0.25) is 0 Å². The van der Waals surface area contributed by atoms with Crippen LogP contribution in [0.2, 0.25) is 5.02 Å². The molecule has 1 unspecified atom stereocenters. The molecule has 0 spiro atoms. The summed E-state index contributed by atoms with van der Waals surface area (Å²) in [6.07, 6.45) is 0.736. The van der Waals surface area contributed by atoms with E-state index in [1.807, 2.05) is 24.3 Å². The summed E-state index contributed by atoms with van der Waals surface area (Å²) in [4.78, 5) is 13.0. The second-order valence-electron chi connectivity index (χ2n) is 4.15. The predicted molar refractivity (Wildman–Crippen MR) is 69.7 cm³/mol. The van der Waals surface area contributed by atoms with Crippen LogP contribution in [0.15, 0.2) is 24.3 Å². The molecule has 1 aliphatic rings. The Bertz CT molecular complexity index is 398. The molecule has 1 N–H and O–H groups in total. The van der Waals surface area contributed by atoms with E-state index in [2.05, 4.69) is 4.90 Å². The Kier molecular flexibility index (Phi) is 5.25. The van der Waals surface area contributed by atoms with Gasteiger partial charge < -0.3 is 5.11 Å². The number of rotatable bonds is 3. The van der Waals surface area contributed by atoms with Gasteiger partial charge in [-0.2, -0.15) is 0 Å². The molecule has 1 aliphatic heterocycles. The first-order valence-corrected chi connectivity index (χ1v) is 5.73. The number of nitrogens with zero attached hydrogens (tertiary/aromatic N) is 1. The van der Waals surface area contributed by atoms with Crippen LogP contribution in [0.1, 0.15) is 12.0 Å². The summed E-state index contributed by atoms with van der Waals surface area (Å²) in [6.45, 7) is 2.20. The Labute approximate surface area is 112 Å².